The molecular formula is C18H11NO2. The lowest BCUT2D eigenvalue weighted by Gasteiger charge is -1.97. The minimum absolute atomic E-state index is 0.235. The summed E-state index contributed by atoms with van der Waals surface area (Å²) in [5.41, 5.74) is 2.63. The quantitative estimate of drug-likeness (QED) is 0.692. The zero-order valence-corrected chi connectivity index (χ0v) is 11.1. The van der Waals surface area contributed by atoms with E-state index in [0.717, 1.165) is 16.5 Å². The molecule has 0 radical (unpaired) electrons. The Balaban J connectivity index is 1.95. The van der Waals surface area contributed by atoms with Crippen molar-refractivity contribution in [3.63, 3.8) is 0 Å². The maximum absolute atomic E-state index is 10.9. The van der Waals surface area contributed by atoms with Crippen LogP contribution >= 0.6 is 0 Å². The highest BCUT2D eigenvalue weighted by molar-refractivity contribution is 5.88. The number of carboxylic acids is 1. The van der Waals surface area contributed by atoms with Gasteiger partial charge in [-0.05, 0) is 30.3 Å². The van der Waals surface area contributed by atoms with Gasteiger partial charge in [-0.2, -0.15) is 0 Å². The highest BCUT2D eigenvalue weighted by Crippen LogP contribution is 2.12. The molecule has 0 saturated heterocycles. The van der Waals surface area contributed by atoms with Crippen LogP contribution in [0.15, 0.2) is 60.8 Å². The van der Waals surface area contributed by atoms with E-state index in [1.807, 2.05) is 30.3 Å². The number of hydrogen-bond acceptors (Lipinski definition) is 2. The zero-order chi connectivity index (χ0) is 14.7. The lowest BCUT2D eigenvalue weighted by Crippen LogP contribution is -1.95. The number of carbonyl (C=O) groups is 1. The summed E-state index contributed by atoms with van der Waals surface area (Å²) in [7, 11) is 0. The molecule has 2 aromatic carbocycles. The van der Waals surface area contributed by atoms with E-state index >= 15 is 0 Å². The van der Waals surface area contributed by atoms with Crippen molar-refractivity contribution in [2.45, 2.75) is 0 Å². The zero-order valence-electron chi connectivity index (χ0n) is 11.1. The van der Waals surface area contributed by atoms with Crippen LogP contribution in [0.25, 0.3) is 10.9 Å². The Kier molecular flexibility index (Phi) is 3.36. The number of pyridine rings is 1. The normalized spacial score (nSPS) is 9.90. The summed E-state index contributed by atoms with van der Waals surface area (Å²) < 4.78 is 0. The molecule has 0 atom stereocenters. The van der Waals surface area contributed by atoms with Gasteiger partial charge in [0.05, 0.1) is 11.1 Å². The summed E-state index contributed by atoms with van der Waals surface area (Å²) in [5.74, 6) is 5.03. The van der Waals surface area contributed by atoms with Gasteiger partial charge < -0.3 is 5.11 Å². The Morgan fingerprint density at radius 2 is 1.76 bits per heavy atom. The van der Waals surface area contributed by atoms with Gasteiger partial charge in [0.1, 0.15) is 0 Å². The number of nitrogens with zero attached hydrogens (tertiary/aromatic N) is 1. The fourth-order valence-corrected chi connectivity index (χ4v) is 2.01. The first-order valence-corrected chi connectivity index (χ1v) is 6.42. The lowest BCUT2D eigenvalue weighted by molar-refractivity contribution is 0.0697. The molecule has 1 aromatic heterocycles. The molecule has 100 valence electrons. The number of hydrogen-bond donors (Lipinski definition) is 1. The Hall–Kier alpha value is -3.12. The maximum atomic E-state index is 10.9. The number of carboxylic acid groups (broad SMARTS) is 1. The molecule has 0 aliphatic heterocycles. The lowest BCUT2D eigenvalue weighted by atomic mass is 10.1. The topological polar surface area (TPSA) is 50.2 Å². The Bertz CT molecular complexity index is 888. The van der Waals surface area contributed by atoms with Gasteiger partial charge in [-0.3, -0.25) is 4.98 Å². The number of benzene rings is 2. The van der Waals surface area contributed by atoms with E-state index in [4.69, 9.17) is 5.11 Å². The molecule has 0 amide bonds. The van der Waals surface area contributed by atoms with Crippen LogP contribution in [0.4, 0.5) is 0 Å². The van der Waals surface area contributed by atoms with Crippen LogP contribution in [0, 0.1) is 11.8 Å². The van der Waals surface area contributed by atoms with Crippen LogP contribution in [0.5, 0.6) is 0 Å². The number of para-hydroxylation sites is 1. The van der Waals surface area contributed by atoms with E-state index in [-0.39, 0.29) is 5.56 Å². The van der Waals surface area contributed by atoms with Crippen LogP contribution < -0.4 is 0 Å². The van der Waals surface area contributed by atoms with E-state index in [0.29, 0.717) is 5.56 Å². The molecule has 0 saturated carbocycles. The minimum Gasteiger partial charge on any atom is -0.478 e. The molecule has 0 bridgehead atoms. The second-order valence-electron chi connectivity index (χ2n) is 4.55. The largest absolute Gasteiger partial charge is 0.478 e. The second-order valence-corrected chi connectivity index (χ2v) is 4.55. The van der Waals surface area contributed by atoms with Gasteiger partial charge in [-0.1, -0.05) is 36.1 Å². The summed E-state index contributed by atoms with van der Waals surface area (Å²) in [4.78, 5) is 15.3. The van der Waals surface area contributed by atoms with Gasteiger partial charge in [0.2, 0.25) is 0 Å². The standard InChI is InChI=1S/C18H11NO2/c20-18(21)16-6-3-4-13(10-16)8-9-14-11-15-5-1-2-7-17(15)19-12-14/h1-7,10-12H,(H,20,21). The Labute approximate surface area is 121 Å². The number of fused-ring (bicyclic) bond motifs is 1. The first-order chi connectivity index (χ1) is 10.2. The predicted molar refractivity (Wildman–Crippen MR) is 81.1 cm³/mol. The van der Waals surface area contributed by atoms with E-state index < -0.39 is 5.97 Å². The molecule has 3 rings (SSSR count). The highest BCUT2D eigenvalue weighted by atomic mass is 16.4. The van der Waals surface area contributed by atoms with Crippen LogP contribution in [0.2, 0.25) is 0 Å². The molecule has 3 aromatic rings. The van der Waals surface area contributed by atoms with Crippen LogP contribution in [-0.4, -0.2) is 16.1 Å². The third-order valence-corrected chi connectivity index (χ3v) is 3.05. The Morgan fingerprint density at radius 3 is 2.62 bits per heavy atom. The molecule has 21 heavy (non-hydrogen) atoms. The molecule has 0 unspecified atom stereocenters. The molecule has 3 nitrogen and oxygen atoms in total. The summed E-state index contributed by atoms with van der Waals surface area (Å²) in [6.07, 6.45) is 1.72. The summed E-state index contributed by atoms with van der Waals surface area (Å²) in [6, 6.07) is 16.4. The summed E-state index contributed by atoms with van der Waals surface area (Å²) in [5, 5.41) is 9.99. The highest BCUT2D eigenvalue weighted by Gasteiger charge is 2.01. The monoisotopic (exact) mass is 273 g/mol. The van der Waals surface area contributed by atoms with Crippen molar-refractivity contribution in [3.8, 4) is 11.8 Å². The van der Waals surface area contributed by atoms with Crippen molar-refractivity contribution in [1.82, 2.24) is 4.98 Å². The maximum Gasteiger partial charge on any atom is 0.335 e. The third-order valence-electron chi connectivity index (χ3n) is 3.05. The van der Waals surface area contributed by atoms with Crippen molar-refractivity contribution in [1.29, 1.82) is 0 Å². The average molecular weight is 273 g/mol. The van der Waals surface area contributed by atoms with Crippen LogP contribution in [-0.2, 0) is 0 Å². The molecule has 0 aliphatic rings. The average Bonchev–Trinajstić information content (AvgIpc) is 2.53. The SMILES string of the molecule is O=C(O)c1cccc(C#Cc2cnc3ccccc3c2)c1. The molecule has 3 heteroatoms. The number of rotatable bonds is 1. The van der Waals surface area contributed by atoms with Gasteiger partial charge in [0, 0.05) is 22.7 Å². The number of aromatic nitrogens is 1. The van der Waals surface area contributed by atoms with Gasteiger partial charge in [0.15, 0.2) is 0 Å². The third kappa shape index (κ3) is 2.90. The summed E-state index contributed by atoms with van der Waals surface area (Å²) >= 11 is 0. The first kappa shape index (κ1) is 12.9. The molecule has 1 N–H and O–H groups in total. The smallest absolute Gasteiger partial charge is 0.335 e. The molecule has 0 spiro atoms. The van der Waals surface area contributed by atoms with Gasteiger partial charge in [-0.15, -0.1) is 0 Å². The van der Waals surface area contributed by atoms with Crippen molar-refractivity contribution >= 4 is 16.9 Å². The first-order valence-electron chi connectivity index (χ1n) is 6.42. The van der Waals surface area contributed by atoms with Gasteiger partial charge in [0.25, 0.3) is 0 Å². The number of aromatic carboxylic acids is 1. The fraction of sp³-hybridized carbons (Fsp3) is 0. The van der Waals surface area contributed by atoms with Crippen LogP contribution in [0.1, 0.15) is 21.5 Å². The van der Waals surface area contributed by atoms with E-state index in [1.165, 1.54) is 0 Å². The molecule has 0 aliphatic carbocycles. The van der Waals surface area contributed by atoms with Crippen LogP contribution in [0.3, 0.4) is 0 Å². The molecular weight excluding hydrogens is 262 g/mol. The molecule has 1 heterocycles. The molecule has 0 fully saturated rings. The minimum atomic E-state index is -0.953. The van der Waals surface area contributed by atoms with E-state index in [9.17, 15) is 4.79 Å². The van der Waals surface area contributed by atoms with Gasteiger partial charge in [-0.25, -0.2) is 4.79 Å². The fourth-order valence-electron chi connectivity index (χ4n) is 2.01. The second kappa shape index (κ2) is 5.48. The van der Waals surface area contributed by atoms with E-state index in [2.05, 4.69) is 16.8 Å². The van der Waals surface area contributed by atoms with E-state index in [1.54, 1.807) is 30.5 Å². The van der Waals surface area contributed by atoms with Crippen molar-refractivity contribution in [3.05, 3.63) is 77.5 Å². The predicted octanol–water partition coefficient (Wildman–Crippen LogP) is 3.33. The summed E-state index contributed by atoms with van der Waals surface area (Å²) in [6.45, 7) is 0. The van der Waals surface area contributed by atoms with Gasteiger partial charge >= 0.3 is 5.97 Å². The van der Waals surface area contributed by atoms with Crippen molar-refractivity contribution < 1.29 is 9.90 Å². The van der Waals surface area contributed by atoms with Crippen molar-refractivity contribution in [2.75, 3.05) is 0 Å². The van der Waals surface area contributed by atoms with Crippen molar-refractivity contribution in [2.24, 2.45) is 0 Å². The Morgan fingerprint density at radius 1 is 0.952 bits per heavy atom.